The second kappa shape index (κ2) is 9.43. The molecule has 1 aromatic heterocycles. The van der Waals surface area contributed by atoms with E-state index in [1.54, 1.807) is 42.5 Å². The van der Waals surface area contributed by atoms with Crippen LogP contribution in [0.5, 0.6) is 5.75 Å². The van der Waals surface area contributed by atoms with E-state index in [1.807, 2.05) is 32.0 Å². The Morgan fingerprint density at radius 2 is 1.72 bits per heavy atom. The highest BCUT2D eigenvalue weighted by Gasteiger charge is 2.12. The Morgan fingerprint density at radius 1 is 1.00 bits per heavy atom. The molecule has 0 aliphatic rings. The van der Waals surface area contributed by atoms with Crippen LogP contribution in [0.2, 0.25) is 0 Å². The first-order valence-electron chi connectivity index (χ1n) is 9.12. The molecule has 0 saturated carbocycles. The van der Waals surface area contributed by atoms with Crippen molar-refractivity contribution in [2.45, 2.75) is 26.4 Å². The molecule has 0 atom stereocenters. The van der Waals surface area contributed by atoms with Gasteiger partial charge in [-0.3, -0.25) is 9.59 Å². The van der Waals surface area contributed by atoms with Crippen molar-refractivity contribution in [2.75, 3.05) is 10.6 Å². The van der Waals surface area contributed by atoms with Gasteiger partial charge in [-0.2, -0.15) is 0 Å². The quantitative estimate of drug-likeness (QED) is 0.507. The van der Waals surface area contributed by atoms with Crippen molar-refractivity contribution in [3.8, 4) is 5.75 Å². The van der Waals surface area contributed by atoms with E-state index in [9.17, 15) is 9.59 Å². The SMILES string of the molecule is CC(C)Oc1ccccc1NC(=O)Cc1ccc(NC(=O)c2ccc(Br)o2)cc1. The molecule has 0 aliphatic carbocycles. The van der Waals surface area contributed by atoms with Gasteiger partial charge in [0.05, 0.1) is 18.2 Å². The predicted octanol–water partition coefficient (Wildman–Crippen LogP) is 5.26. The summed E-state index contributed by atoms with van der Waals surface area (Å²) < 4.78 is 11.4. The lowest BCUT2D eigenvalue weighted by atomic mass is 10.1. The Morgan fingerprint density at radius 3 is 2.38 bits per heavy atom. The van der Waals surface area contributed by atoms with Crippen LogP contribution >= 0.6 is 15.9 Å². The van der Waals surface area contributed by atoms with E-state index in [2.05, 4.69) is 26.6 Å². The Kier molecular flexibility index (Phi) is 6.72. The summed E-state index contributed by atoms with van der Waals surface area (Å²) in [6.07, 6.45) is 0.216. The highest BCUT2D eigenvalue weighted by atomic mass is 79.9. The van der Waals surface area contributed by atoms with Crippen LogP contribution in [0.25, 0.3) is 0 Å². The predicted molar refractivity (Wildman–Crippen MR) is 115 cm³/mol. The van der Waals surface area contributed by atoms with Crippen molar-refractivity contribution < 1.29 is 18.7 Å². The normalized spacial score (nSPS) is 10.6. The molecule has 0 unspecified atom stereocenters. The average molecular weight is 457 g/mol. The highest BCUT2D eigenvalue weighted by molar-refractivity contribution is 9.10. The molecule has 2 amide bonds. The fourth-order valence-electron chi connectivity index (χ4n) is 2.64. The first kappa shape index (κ1) is 20.7. The summed E-state index contributed by atoms with van der Waals surface area (Å²) in [6, 6.07) is 17.7. The van der Waals surface area contributed by atoms with Crippen molar-refractivity contribution in [3.63, 3.8) is 0 Å². The van der Waals surface area contributed by atoms with Gasteiger partial charge in [-0.25, -0.2) is 0 Å². The number of rotatable bonds is 7. The molecule has 29 heavy (non-hydrogen) atoms. The number of halogens is 1. The zero-order chi connectivity index (χ0) is 20.8. The third-order valence-electron chi connectivity index (χ3n) is 3.90. The van der Waals surface area contributed by atoms with Crippen LogP contribution in [0.1, 0.15) is 30.0 Å². The van der Waals surface area contributed by atoms with Crippen LogP contribution in [0.3, 0.4) is 0 Å². The van der Waals surface area contributed by atoms with Gasteiger partial charge in [0.25, 0.3) is 5.91 Å². The molecule has 3 rings (SSSR count). The number of furan rings is 1. The fraction of sp³-hybridized carbons (Fsp3) is 0.182. The summed E-state index contributed by atoms with van der Waals surface area (Å²) in [7, 11) is 0. The molecule has 0 saturated heterocycles. The van der Waals surface area contributed by atoms with Crippen LogP contribution in [-0.2, 0) is 11.2 Å². The number of nitrogens with one attached hydrogen (secondary N) is 2. The van der Waals surface area contributed by atoms with E-state index >= 15 is 0 Å². The molecular weight excluding hydrogens is 436 g/mol. The molecule has 7 heteroatoms. The molecule has 0 bridgehead atoms. The summed E-state index contributed by atoms with van der Waals surface area (Å²) in [6.45, 7) is 3.87. The zero-order valence-electron chi connectivity index (χ0n) is 16.1. The molecule has 0 radical (unpaired) electrons. The lowest BCUT2D eigenvalue weighted by Crippen LogP contribution is -2.16. The summed E-state index contributed by atoms with van der Waals surface area (Å²) in [5.41, 5.74) is 2.07. The number of anilines is 2. The molecule has 1 heterocycles. The molecule has 3 aromatic rings. The van der Waals surface area contributed by atoms with Gasteiger partial charge in [-0.1, -0.05) is 24.3 Å². The van der Waals surface area contributed by atoms with Crippen LogP contribution in [0.15, 0.2) is 69.8 Å². The van der Waals surface area contributed by atoms with Crippen molar-refractivity contribution >= 4 is 39.1 Å². The van der Waals surface area contributed by atoms with Gasteiger partial charge in [0, 0.05) is 5.69 Å². The van der Waals surface area contributed by atoms with Crippen LogP contribution < -0.4 is 15.4 Å². The van der Waals surface area contributed by atoms with E-state index in [0.717, 1.165) is 5.56 Å². The first-order chi connectivity index (χ1) is 13.9. The van der Waals surface area contributed by atoms with Crippen molar-refractivity contribution in [1.82, 2.24) is 0 Å². The minimum Gasteiger partial charge on any atom is -0.489 e. The smallest absolute Gasteiger partial charge is 0.291 e. The van der Waals surface area contributed by atoms with Crippen molar-refractivity contribution in [1.29, 1.82) is 0 Å². The lowest BCUT2D eigenvalue weighted by molar-refractivity contribution is -0.115. The van der Waals surface area contributed by atoms with Crippen LogP contribution in [-0.4, -0.2) is 17.9 Å². The Labute approximate surface area is 177 Å². The van der Waals surface area contributed by atoms with Gasteiger partial charge in [0.2, 0.25) is 5.91 Å². The topological polar surface area (TPSA) is 80.6 Å². The number of carbonyl (C=O) groups is 2. The zero-order valence-corrected chi connectivity index (χ0v) is 17.7. The number of hydrogen-bond acceptors (Lipinski definition) is 4. The van der Waals surface area contributed by atoms with E-state index in [4.69, 9.17) is 9.15 Å². The van der Waals surface area contributed by atoms with Crippen LogP contribution in [0.4, 0.5) is 11.4 Å². The van der Waals surface area contributed by atoms with Gasteiger partial charge < -0.3 is 19.8 Å². The Bertz CT molecular complexity index is 996. The third-order valence-corrected chi connectivity index (χ3v) is 4.32. The van der Waals surface area contributed by atoms with E-state index in [-0.39, 0.29) is 30.1 Å². The van der Waals surface area contributed by atoms with Crippen molar-refractivity contribution in [2.24, 2.45) is 0 Å². The fourth-order valence-corrected chi connectivity index (χ4v) is 2.95. The maximum absolute atomic E-state index is 12.4. The number of amides is 2. The van der Waals surface area contributed by atoms with Gasteiger partial charge in [-0.15, -0.1) is 0 Å². The number of para-hydroxylation sites is 2. The third kappa shape index (κ3) is 5.96. The number of benzene rings is 2. The largest absolute Gasteiger partial charge is 0.489 e. The molecule has 6 nitrogen and oxygen atoms in total. The summed E-state index contributed by atoms with van der Waals surface area (Å²) in [4.78, 5) is 24.5. The van der Waals surface area contributed by atoms with E-state index < -0.39 is 0 Å². The minimum absolute atomic E-state index is 0.0121. The highest BCUT2D eigenvalue weighted by Crippen LogP contribution is 2.25. The number of hydrogen-bond donors (Lipinski definition) is 2. The maximum Gasteiger partial charge on any atom is 0.291 e. The minimum atomic E-state index is -0.344. The summed E-state index contributed by atoms with van der Waals surface area (Å²) in [5.74, 6) is 0.353. The monoisotopic (exact) mass is 456 g/mol. The van der Waals surface area contributed by atoms with Gasteiger partial charge >= 0.3 is 0 Å². The van der Waals surface area contributed by atoms with Gasteiger partial charge in [0.1, 0.15) is 5.75 Å². The van der Waals surface area contributed by atoms with Crippen LogP contribution in [0, 0.1) is 0 Å². The molecule has 0 aliphatic heterocycles. The standard InChI is InChI=1S/C22H21BrN2O4/c1-14(2)28-18-6-4-3-5-17(18)25-21(26)13-15-7-9-16(10-8-15)24-22(27)19-11-12-20(23)29-19/h3-12,14H,13H2,1-2H3,(H,24,27)(H,25,26). The maximum atomic E-state index is 12.4. The molecule has 0 fully saturated rings. The molecular formula is C22H21BrN2O4. The van der Waals surface area contributed by atoms with Crippen molar-refractivity contribution in [3.05, 3.63) is 76.7 Å². The first-order valence-corrected chi connectivity index (χ1v) is 9.91. The van der Waals surface area contributed by atoms with E-state index in [1.165, 1.54) is 0 Å². The summed E-state index contributed by atoms with van der Waals surface area (Å²) in [5, 5.41) is 5.63. The Hall–Kier alpha value is -3.06. The molecule has 0 spiro atoms. The van der Waals surface area contributed by atoms with E-state index in [0.29, 0.717) is 21.8 Å². The second-order valence-electron chi connectivity index (χ2n) is 6.64. The average Bonchev–Trinajstić information content (AvgIpc) is 3.11. The molecule has 150 valence electrons. The Balaban J connectivity index is 1.58. The number of carbonyl (C=O) groups excluding carboxylic acids is 2. The molecule has 2 N–H and O–H groups in total. The van der Waals surface area contributed by atoms with Gasteiger partial charge in [0.15, 0.2) is 10.4 Å². The van der Waals surface area contributed by atoms with Gasteiger partial charge in [-0.05, 0) is 71.7 Å². The lowest BCUT2D eigenvalue weighted by Gasteiger charge is -2.14. The molecule has 2 aromatic carbocycles. The second-order valence-corrected chi connectivity index (χ2v) is 7.42. The number of ether oxygens (including phenoxy) is 1. The summed E-state index contributed by atoms with van der Waals surface area (Å²) >= 11 is 3.17.